The molecule has 38 heavy (non-hydrogen) atoms. The fourth-order valence-corrected chi connectivity index (χ4v) is 5.42. The number of nitrogens with zero attached hydrogens (tertiary/aromatic N) is 6. The van der Waals surface area contributed by atoms with E-state index in [1.165, 1.54) is 0 Å². The van der Waals surface area contributed by atoms with Gasteiger partial charge in [0.25, 0.3) is 5.91 Å². The molecule has 9 nitrogen and oxygen atoms in total. The minimum atomic E-state index is 0.0383. The molecule has 1 aromatic carbocycles. The van der Waals surface area contributed by atoms with E-state index in [1.807, 2.05) is 11.0 Å². The van der Waals surface area contributed by atoms with Gasteiger partial charge in [-0.15, -0.1) is 0 Å². The molecule has 6 rings (SSSR count). The van der Waals surface area contributed by atoms with Crippen LogP contribution in [0.3, 0.4) is 0 Å². The summed E-state index contributed by atoms with van der Waals surface area (Å²) in [5.74, 6) is 0.802. The zero-order valence-corrected chi connectivity index (χ0v) is 22.2. The molecule has 0 aliphatic carbocycles. The highest BCUT2D eigenvalue weighted by atomic mass is 35.5. The van der Waals surface area contributed by atoms with E-state index >= 15 is 0 Å². The fourth-order valence-electron chi connectivity index (χ4n) is 5.23. The van der Waals surface area contributed by atoms with Crippen LogP contribution in [-0.2, 0) is 0 Å². The summed E-state index contributed by atoms with van der Waals surface area (Å²) in [4.78, 5) is 36.1. The molecule has 3 aromatic heterocycles. The number of carbonyl (C=O) groups excluding carboxylic acids is 1. The Labute approximate surface area is 226 Å². The number of fused-ring (bicyclic) bond motifs is 1. The number of likely N-dealkylation sites (tertiary alicyclic amines) is 1. The number of rotatable bonds is 5. The molecule has 2 N–H and O–H groups in total. The number of carbonyl (C=O) groups is 1. The van der Waals surface area contributed by atoms with Gasteiger partial charge in [0, 0.05) is 55.9 Å². The first kappa shape index (κ1) is 24.6. The van der Waals surface area contributed by atoms with Crippen molar-refractivity contribution in [3.8, 4) is 11.4 Å². The molecule has 4 aromatic rings. The Bertz CT molecular complexity index is 1410. The van der Waals surface area contributed by atoms with Crippen LogP contribution in [0.15, 0.2) is 55.0 Å². The first-order chi connectivity index (χ1) is 18.5. The molecule has 2 aliphatic rings. The summed E-state index contributed by atoms with van der Waals surface area (Å²) in [6.07, 6.45) is 7.14. The largest absolute Gasteiger partial charge is 0.379 e. The molecule has 2 saturated heterocycles. The van der Waals surface area contributed by atoms with Crippen LogP contribution in [0, 0.1) is 0 Å². The molecule has 0 radical (unpaired) electrons. The van der Waals surface area contributed by atoms with Crippen molar-refractivity contribution in [1.82, 2.24) is 29.7 Å². The molecule has 5 heterocycles. The number of imidazole rings is 1. The summed E-state index contributed by atoms with van der Waals surface area (Å²) in [6, 6.07) is 12.4. The molecule has 0 bridgehead atoms. The van der Waals surface area contributed by atoms with Crippen LogP contribution in [0.1, 0.15) is 23.2 Å². The second kappa shape index (κ2) is 10.6. The van der Waals surface area contributed by atoms with Crippen molar-refractivity contribution in [2.75, 3.05) is 56.5 Å². The third-order valence-electron chi connectivity index (χ3n) is 7.52. The minimum absolute atomic E-state index is 0.0383. The Morgan fingerprint density at radius 2 is 1.79 bits per heavy atom. The van der Waals surface area contributed by atoms with Gasteiger partial charge in [0.1, 0.15) is 11.3 Å². The van der Waals surface area contributed by atoms with Crippen LogP contribution in [0.4, 0.5) is 11.4 Å². The lowest BCUT2D eigenvalue weighted by molar-refractivity contribution is 0.0746. The number of halogens is 1. The molecule has 0 spiro atoms. The molecule has 2 aliphatic heterocycles. The third-order valence-corrected chi connectivity index (χ3v) is 7.80. The highest BCUT2D eigenvalue weighted by molar-refractivity contribution is 6.34. The number of benzene rings is 1. The topological polar surface area (TPSA) is 93.3 Å². The summed E-state index contributed by atoms with van der Waals surface area (Å²) < 4.78 is 0. The van der Waals surface area contributed by atoms with E-state index in [2.05, 4.69) is 61.4 Å². The molecule has 0 unspecified atom stereocenters. The van der Waals surface area contributed by atoms with Crippen molar-refractivity contribution in [2.24, 2.45) is 0 Å². The number of anilines is 2. The predicted molar refractivity (Wildman–Crippen MR) is 151 cm³/mol. The quantitative estimate of drug-likeness (QED) is 0.400. The Morgan fingerprint density at radius 3 is 2.50 bits per heavy atom. The van der Waals surface area contributed by atoms with E-state index in [0.29, 0.717) is 29.7 Å². The minimum Gasteiger partial charge on any atom is -0.379 e. The van der Waals surface area contributed by atoms with E-state index in [-0.39, 0.29) is 5.91 Å². The first-order valence-corrected chi connectivity index (χ1v) is 13.5. The van der Waals surface area contributed by atoms with E-state index in [9.17, 15) is 4.79 Å². The predicted octanol–water partition coefficient (Wildman–Crippen LogP) is 4.14. The number of hydrogen-bond donors (Lipinski definition) is 2. The van der Waals surface area contributed by atoms with Gasteiger partial charge in [0.05, 0.1) is 22.5 Å². The standard InChI is InChI=1S/C28H31ClN8O/c1-35-11-8-21(9-12-35)32-24-23(29)18-31-27-25(24)33-26(34-27)19-4-6-22(7-5-19)36-13-15-37(16-14-36)28(38)20-3-2-10-30-17-20/h2-7,10,17-18,21H,8-9,11-16H2,1H3,(H2,31,32,33,34). The van der Waals surface area contributed by atoms with Crippen LogP contribution in [-0.4, -0.2) is 88.0 Å². The van der Waals surface area contributed by atoms with Crippen LogP contribution >= 0.6 is 11.6 Å². The number of aromatic amines is 1. The average Bonchev–Trinajstić information content (AvgIpc) is 3.41. The van der Waals surface area contributed by atoms with Crippen molar-refractivity contribution >= 4 is 40.0 Å². The molecular formula is C28H31ClN8O. The van der Waals surface area contributed by atoms with Gasteiger partial charge in [-0.25, -0.2) is 9.97 Å². The summed E-state index contributed by atoms with van der Waals surface area (Å²) in [5.41, 5.74) is 5.09. The summed E-state index contributed by atoms with van der Waals surface area (Å²) >= 11 is 6.56. The summed E-state index contributed by atoms with van der Waals surface area (Å²) in [5, 5.41) is 4.22. The van der Waals surface area contributed by atoms with Gasteiger partial charge in [-0.3, -0.25) is 9.78 Å². The van der Waals surface area contributed by atoms with Crippen molar-refractivity contribution in [1.29, 1.82) is 0 Å². The lowest BCUT2D eigenvalue weighted by Crippen LogP contribution is -2.48. The Kier molecular flexibility index (Phi) is 6.86. The van der Waals surface area contributed by atoms with Crippen molar-refractivity contribution in [2.45, 2.75) is 18.9 Å². The van der Waals surface area contributed by atoms with E-state index < -0.39 is 0 Å². The first-order valence-electron chi connectivity index (χ1n) is 13.1. The number of hydrogen-bond acceptors (Lipinski definition) is 7. The van der Waals surface area contributed by atoms with Gasteiger partial charge in [-0.2, -0.15) is 0 Å². The maximum absolute atomic E-state index is 12.7. The van der Waals surface area contributed by atoms with Gasteiger partial charge in [-0.1, -0.05) is 11.6 Å². The molecule has 0 atom stereocenters. The zero-order valence-electron chi connectivity index (χ0n) is 21.4. The van der Waals surface area contributed by atoms with Crippen LogP contribution in [0.5, 0.6) is 0 Å². The van der Waals surface area contributed by atoms with Crippen molar-refractivity contribution in [3.63, 3.8) is 0 Å². The Balaban J connectivity index is 1.14. The maximum Gasteiger partial charge on any atom is 0.255 e. The van der Waals surface area contributed by atoms with Gasteiger partial charge >= 0.3 is 0 Å². The number of nitrogens with one attached hydrogen (secondary N) is 2. The second-order valence-electron chi connectivity index (χ2n) is 10.1. The Morgan fingerprint density at radius 1 is 1.03 bits per heavy atom. The van der Waals surface area contributed by atoms with Crippen molar-refractivity contribution < 1.29 is 4.79 Å². The highest BCUT2D eigenvalue weighted by Gasteiger charge is 2.23. The second-order valence-corrected chi connectivity index (χ2v) is 10.5. The third kappa shape index (κ3) is 5.04. The molecule has 0 saturated carbocycles. The lowest BCUT2D eigenvalue weighted by Gasteiger charge is -2.36. The van der Waals surface area contributed by atoms with Gasteiger partial charge in [0.15, 0.2) is 5.65 Å². The number of piperidine rings is 1. The number of pyridine rings is 2. The molecule has 10 heteroatoms. The lowest BCUT2D eigenvalue weighted by atomic mass is 10.1. The van der Waals surface area contributed by atoms with Crippen LogP contribution < -0.4 is 10.2 Å². The normalized spacial score (nSPS) is 17.2. The number of H-pyrrole nitrogens is 1. The Hall–Kier alpha value is -3.69. The number of aromatic nitrogens is 4. The molecule has 1 amide bonds. The summed E-state index contributed by atoms with van der Waals surface area (Å²) in [7, 11) is 2.16. The van der Waals surface area contributed by atoms with Crippen LogP contribution in [0.2, 0.25) is 5.02 Å². The monoisotopic (exact) mass is 530 g/mol. The van der Waals surface area contributed by atoms with Crippen molar-refractivity contribution in [3.05, 3.63) is 65.6 Å². The average molecular weight is 531 g/mol. The van der Waals surface area contributed by atoms with Gasteiger partial charge in [0.2, 0.25) is 0 Å². The van der Waals surface area contributed by atoms with Gasteiger partial charge < -0.3 is 25.0 Å². The fraction of sp³-hybridized carbons (Fsp3) is 0.357. The summed E-state index contributed by atoms with van der Waals surface area (Å²) in [6.45, 7) is 5.06. The van der Waals surface area contributed by atoms with Crippen LogP contribution in [0.25, 0.3) is 22.6 Å². The molecule has 2 fully saturated rings. The van der Waals surface area contributed by atoms with Gasteiger partial charge in [-0.05, 0) is 69.4 Å². The molecular weight excluding hydrogens is 500 g/mol. The van der Waals surface area contributed by atoms with E-state index in [0.717, 1.165) is 72.9 Å². The highest BCUT2D eigenvalue weighted by Crippen LogP contribution is 2.32. The smallest absolute Gasteiger partial charge is 0.255 e. The zero-order chi connectivity index (χ0) is 26.1. The van der Waals surface area contributed by atoms with E-state index in [1.54, 1.807) is 24.7 Å². The molecule has 196 valence electrons. The number of piperazine rings is 1. The SMILES string of the molecule is CN1CCC(Nc2c(Cl)cnc3[nH]c(-c4ccc(N5CCN(C(=O)c6cccnc6)CC5)cc4)nc23)CC1. The number of amides is 1. The maximum atomic E-state index is 12.7. The van der Waals surface area contributed by atoms with E-state index in [4.69, 9.17) is 16.6 Å².